The molecule has 2 N–H and O–H groups in total. The number of hydrogen-bond donors (Lipinski definition) is 1. The number of carbonyl (C=O) groups is 1. The van der Waals surface area contributed by atoms with Gasteiger partial charge in [-0.15, -0.1) is 0 Å². The molecule has 0 aliphatic carbocycles. The number of anilines is 2. The molecular formula is C15H25N3O2. The van der Waals surface area contributed by atoms with E-state index in [1.165, 1.54) is 0 Å². The van der Waals surface area contributed by atoms with Crippen LogP contribution >= 0.6 is 0 Å². The van der Waals surface area contributed by atoms with Gasteiger partial charge in [0.25, 0.3) is 5.91 Å². The summed E-state index contributed by atoms with van der Waals surface area (Å²) in [6, 6.07) is 5.40. The molecule has 1 aromatic carbocycles. The minimum absolute atomic E-state index is 0.0212. The number of rotatable bonds is 7. The molecule has 5 heteroatoms. The van der Waals surface area contributed by atoms with Crippen molar-refractivity contribution in [1.82, 2.24) is 4.90 Å². The summed E-state index contributed by atoms with van der Waals surface area (Å²) in [5.41, 5.74) is 8.25. The Labute approximate surface area is 121 Å². The van der Waals surface area contributed by atoms with Crippen LogP contribution in [0.5, 0.6) is 0 Å². The van der Waals surface area contributed by atoms with E-state index in [-0.39, 0.29) is 5.91 Å². The third kappa shape index (κ3) is 4.13. The first-order chi connectivity index (χ1) is 9.51. The van der Waals surface area contributed by atoms with Crippen LogP contribution in [0.1, 0.15) is 24.2 Å². The third-order valence-electron chi connectivity index (χ3n) is 3.12. The Kier molecular flexibility index (Phi) is 6.31. The van der Waals surface area contributed by atoms with Crippen LogP contribution in [-0.2, 0) is 4.74 Å². The van der Waals surface area contributed by atoms with Crippen molar-refractivity contribution in [2.24, 2.45) is 0 Å². The van der Waals surface area contributed by atoms with Gasteiger partial charge in [-0.1, -0.05) is 0 Å². The highest BCUT2D eigenvalue weighted by molar-refractivity contribution is 5.96. The summed E-state index contributed by atoms with van der Waals surface area (Å²) in [6.07, 6.45) is 0. The number of ether oxygens (including phenoxy) is 1. The number of nitrogens with zero attached hydrogens (tertiary/aromatic N) is 2. The van der Waals surface area contributed by atoms with E-state index in [0.29, 0.717) is 24.5 Å². The fourth-order valence-corrected chi connectivity index (χ4v) is 1.98. The first kappa shape index (κ1) is 16.3. The van der Waals surface area contributed by atoms with E-state index in [4.69, 9.17) is 10.5 Å². The zero-order chi connectivity index (χ0) is 15.1. The fourth-order valence-electron chi connectivity index (χ4n) is 1.98. The van der Waals surface area contributed by atoms with Crippen LogP contribution in [0, 0.1) is 0 Å². The van der Waals surface area contributed by atoms with Crippen LogP contribution in [0.15, 0.2) is 18.2 Å². The Bertz CT molecular complexity index is 447. The Hall–Kier alpha value is -1.75. The Morgan fingerprint density at radius 3 is 2.55 bits per heavy atom. The number of carbonyl (C=O) groups excluding carboxylic acids is 1. The lowest BCUT2D eigenvalue weighted by Crippen LogP contribution is -2.28. The summed E-state index contributed by atoms with van der Waals surface area (Å²) in [5.74, 6) is -0.0212. The normalized spacial score (nSPS) is 10.4. The monoisotopic (exact) mass is 279 g/mol. The summed E-state index contributed by atoms with van der Waals surface area (Å²) in [6.45, 7) is 6.96. The van der Waals surface area contributed by atoms with Gasteiger partial charge >= 0.3 is 0 Å². The van der Waals surface area contributed by atoms with Gasteiger partial charge in [-0.2, -0.15) is 0 Å². The summed E-state index contributed by atoms with van der Waals surface area (Å²) in [4.78, 5) is 15.7. The summed E-state index contributed by atoms with van der Waals surface area (Å²) in [5, 5.41) is 0. The number of benzene rings is 1. The number of nitrogen functional groups attached to an aromatic ring is 1. The molecule has 112 valence electrons. The molecule has 1 aromatic rings. The van der Waals surface area contributed by atoms with Crippen molar-refractivity contribution in [1.29, 1.82) is 0 Å². The lowest BCUT2D eigenvalue weighted by molar-refractivity contribution is 0.0827. The van der Waals surface area contributed by atoms with Gasteiger partial charge in [0.05, 0.1) is 18.0 Å². The Morgan fingerprint density at radius 1 is 1.30 bits per heavy atom. The predicted octanol–water partition coefficient (Wildman–Crippen LogP) is 1.83. The minimum atomic E-state index is -0.0212. The van der Waals surface area contributed by atoms with Gasteiger partial charge in [0.2, 0.25) is 0 Å². The molecule has 0 aromatic heterocycles. The van der Waals surface area contributed by atoms with E-state index in [2.05, 4.69) is 11.8 Å². The van der Waals surface area contributed by atoms with Crippen molar-refractivity contribution in [3.05, 3.63) is 23.8 Å². The number of likely N-dealkylation sites (N-methyl/N-ethyl adjacent to an activating group) is 1. The highest BCUT2D eigenvalue weighted by Gasteiger charge is 2.13. The maximum Gasteiger partial charge on any atom is 0.253 e. The van der Waals surface area contributed by atoms with Gasteiger partial charge in [0.15, 0.2) is 0 Å². The van der Waals surface area contributed by atoms with E-state index >= 15 is 0 Å². The average Bonchev–Trinajstić information content (AvgIpc) is 2.44. The zero-order valence-corrected chi connectivity index (χ0v) is 12.8. The van der Waals surface area contributed by atoms with Crippen molar-refractivity contribution < 1.29 is 9.53 Å². The second-order valence-electron chi connectivity index (χ2n) is 4.75. The molecule has 0 atom stereocenters. The fraction of sp³-hybridized carbons (Fsp3) is 0.533. The van der Waals surface area contributed by atoms with Gasteiger partial charge in [-0.05, 0) is 32.0 Å². The van der Waals surface area contributed by atoms with E-state index in [0.717, 1.165) is 18.8 Å². The summed E-state index contributed by atoms with van der Waals surface area (Å²) < 4.78 is 5.39. The second kappa shape index (κ2) is 7.75. The molecule has 0 bridgehead atoms. The van der Waals surface area contributed by atoms with E-state index in [1.54, 1.807) is 31.1 Å². The van der Waals surface area contributed by atoms with Crippen molar-refractivity contribution in [3.8, 4) is 0 Å². The zero-order valence-electron chi connectivity index (χ0n) is 12.8. The average molecular weight is 279 g/mol. The molecule has 0 aliphatic heterocycles. The smallest absolute Gasteiger partial charge is 0.253 e. The van der Waals surface area contributed by atoms with Crippen LogP contribution in [0.2, 0.25) is 0 Å². The van der Waals surface area contributed by atoms with Crippen molar-refractivity contribution in [2.45, 2.75) is 13.8 Å². The van der Waals surface area contributed by atoms with Gasteiger partial charge in [0, 0.05) is 39.4 Å². The third-order valence-corrected chi connectivity index (χ3v) is 3.12. The standard InChI is InChI=1S/C15H25N3O2/c1-5-18(9-10-20-6-2)14-11-12(7-8-13(14)16)15(19)17(3)4/h7-8,11H,5-6,9-10,16H2,1-4H3. The Balaban J connectivity index is 2.96. The number of amides is 1. The molecule has 0 unspecified atom stereocenters. The molecule has 5 nitrogen and oxygen atoms in total. The molecule has 1 amide bonds. The number of nitrogens with two attached hydrogens (primary N) is 1. The molecule has 0 aliphatic rings. The molecule has 0 radical (unpaired) electrons. The highest BCUT2D eigenvalue weighted by Crippen LogP contribution is 2.25. The minimum Gasteiger partial charge on any atom is -0.397 e. The van der Waals surface area contributed by atoms with Crippen LogP contribution in [0.25, 0.3) is 0 Å². The second-order valence-corrected chi connectivity index (χ2v) is 4.75. The van der Waals surface area contributed by atoms with Crippen molar-refractivity contribution in [3.63, 3.8) is 0 Å². The summed E-state index contributed by atoms with van der Waals surface area (Å²) >= 11 is 0. The van der Waals surface area contributed by atoms with Gasteiger partial charge in [-0.3, -0.25) is 4.79 Å². The van der Waals surface area contributed by atoms with E-state index in [1.807, 2.05) is 13.0 Å². The quantitative estimate of drug-likeness (QED) is 0.611. The lowest BCUT2D eigenvalue weighted by atomic mass is 10.1. The van der Waals surface area contributed by atoms with Crippen LogP contribution in [-0.4, -0.2) is 51.2 Å². The first-order valence-electron chi connectivity index (χ1n) is 6.95. The van der Waals surface area contributed by atoms with Gasteiger partial charge in [-0.25, -0.2) is 0 Å². The van der Waals surface area contributed by atoms with Gasteiger partial charge in [0.1, 0.15) is 0 Å². The number of hydrogen-bond acceptors (Lipinski definition) is 4. The first-order valence-corrected chi connectivity index (χ1v) is 6.95. The van der Waals surface area contributed by atoms with Crippen molar-refractivity contribution >= 4 is 17.3 Å². The highest BCUT2D eigenvalue weighted by atomic mass is 16.5. The molecule has 0 fully saturated rings. The van der Waals surface area contributed by atoms with Crippen molar-refractivity contribution in [2.75, 3.05) is 51.0 Å². The van der Waals surface area contributed by atoms with E-state index < -0.39 is 0 Å². The maximum atomic E-state index is 12.0. The van der Waals surface area contributed by atoms with Gasteiger partial charge < -0.3 is 20.3 Å². The largest absolute Gasteiger partial charge is 0.397 e. The molecule has 1 rings (SSSR count). The SMILES string of the molecule is CCOCCN(CC)c1cc(C(=O)N(C)C)ccc1N. The van der Waals surface area contributed by atoms with Crippen LogP contribution in [0.4, 0.5) is 11.4 Å². The molecule has 20 heavy (non-hydrogen) atoms. The lowest BCUT2D eigenvalue weighted by Gasteiger charge is -2.25. The summed E-state index contributed by atoms with van der Waals surface area (Å²) in [7, 11) is 3.48. The van der Waals surface area contributed by atoms with Crippen LogP contribution in [0.3, 0.4) is 0 Å². The predicted molar refractivity (Wildman–Crippen MR) is 83.3 cm³/mol. The molecule has 0 saturated heterocycles. The topological polar surface area (TPSA) is 58.8 Å². The maximum absolute atomic E-state index is 12.0. The molecular weight excluding hydrogens is 254 g/mol. The molecule has 0 saturated carbocycles. The molecule has 0 spiro atoms. The van der Waals surface area contributed by atoms with Crippen LogP contribution < -0.4 is 10.6 Å². The van der Waals surface area contributed by atoms with E-state index in [9.17, 15) is 4.79 Å². The molecule has 0 heterocycles. The Morgan fingerprint density at radius 2 is 2.00 bits per heavy atom.